The van der Waals surface area contributed by atoms with Gasteiger partial charge in [-0.05, 0) is 54.3 Å². The molecule has 2 N–H and O–H groups in total. The summed E-state index contributed by atoms with van der Waals surface area (Å²) in [7, 11) is 1.60. The van der Waals surface area contributed by atoms with Gasteiger partial charge in [0.1, 0.15) is 17.7 Å². The highest BCUT2D eigenvalue weighted by atomic mass is 19.1. The molecule has 0 saturated carbocycles. The first-order valence-electron chi connectivity index (χ1n) is 10.0. The average Bonchev–Trinajstić information content (AvgIpc) is 2.77. The quantitative estimate of drug-likeness (QED) is 0.558. The summed E-state index contributed by atoms with van der Waals surface area (Å²) in [5.41, 5.74) is 2.78. The van der Waals surface area contributed by atoms with Gasteiger partial charge in [0.05, 0.1) is 0 Å². The normalized spacial score (nSPS) is 12.9. The summed E-state index contributed by atoms with van der Waals surface area (Å²) in [5, 5.41) is 5.98. The Morgan fingerprint density at radius 1 is 0.900 bits per heavy atom. The van der Waals surface area contributed by atoms with Crippen molar-refractivity contribution in [2.75, 3.05) is 13.6 Å². The van der Waals surface area contributed by atoms with E-state index in [4.69, 9.17) is 0 Å². The van der Waals surface area contributed by atoms with Crippen LogP contribution in [-0.2, 0) is 4.79 Å². The lowest BCUT2D eigenvalue weighted by atomic mass is 9.87. The lowest BCUT2D eigenvalue weighted by Gasteiger charge is -2.22. The number of hydrogen-bond acceptors (Lipinski definition) is 2. The van der Waals surface area contributed by atoms with Crippen LogP contribution in [0.25, 0.3) is 0 Å². The van der Waals surface area contributed by atoms with E-state index < -0.39 is 6.04 Å². The maximum absolute atomic E-state index is 14.6. The molecule has 0 aliphatic rings. The molecule has 0 fully saturated rings. The van der Waals surface area contributed by atoms with Gasteiger partial charge in [-0.1, -0.05) is 60.7 Å². The van der Waals surface area contributed by atoms with Crippen LogP contribution in [0.5, 0.6) is 0 Å². The molecule has 5 heteroatoms. The van der Waals surface area contributed by atoms with E-state index in [9.17, 15) is 13.6 Å². The summed E-state index contributed by atoms with van der Waals surface area (Å²) >= 11 is 0. The zero-order chi connectivity index (χ0) is 21.5. The van der Waals surface area contributed by atoms with Crippen molar-refractivity contribution < 1.29 is 13.6 Å². The van der Waals surface area contributed by atoms with E-state index in [1.807, 2.05) is 30.3 Å². The van der Waals surface area contributed by atoms with Crippen LogP contribution in [0.2, 0.25) is 0 Å². The van der Waals surface area contributed by atoms with Gasteiger partial charge in [0, 0.05) is 13.0 Å². The van der Waals surface area contributed by atoms with Crippen molar-refractivity contribution in [1.82, 2.24) is 10.6 Å². The maximum atomic E-state index is 14.6. The first-order chi connectivity index (χ1) is 14.5. The summed E-state index contributed by atoms with van der Waals surface area (Å²) in [6.45, 7) is 2.18. The summed E-state index contributed by atoms with van der Waals surface area (Å²) in [6, 6.07) is 20.5. The summed E-state index contributed by atoms with van der Waals surface area (Å²) in [4.78, 5) is 12.4. The predicted octanol–water partition coefficient (Wildman–Crippen LogP) is 4.87. The number of amides is 1. The third-order valence-electron chi connectivity index (χ3n) is 5.29. The van der Waals surface area contributed by atoms with Gasteiger partial charge in [-0.3, -0.25) is 4.79 Å². The van der Waals surface area contributed by atoms with Gasteiger partial charge in [-0.2, -0.15) is 0 Å². The molecule has 0 unspecified atom stereocenters. The number of benzene rings is 3. The number of hydrogen-bond donors (Lipinski definition) is 2. The Kier molecular flexibility index (Phi) is 7.31. The molecule has 0 spiro atoms. The van der Waals surface area contributed by atoms with E-state index in [2.05, 4.69) is 10.6 Å². The van der Waals surface area contributed by atoms with E-state index in [0.717, 1.165) is 11.1 Å². The Hall–Kier alpha value is -3.05. The van der Waals surface area contributed by atoms with E-state index in [1.54, 1.807) is 44.3 Å². The second kappa shape index (κ2) is 10.1. The molecule has 0 aliphatic carbocycles. The molecular weight excluding hydrogens is 382 g/mol. The third-order valence-corrected chi connectivity index (χ3v) is 5.29. The van der Waals surface area contributed by atoms with E-state index >= 15 is 0 Å². The van der Waals surface area contributed by atoms with Crippen LogP contribution in [0.3, 0.4) is 0 Å². The summed E-state index contributed by atoms with van der Waals surface area (Å²) < 4.78 is 28.4. The van der Waals surface area contributed by atoms with Crippen molar-refractivity contribution in [3.05, 3.63) is 107 Å². The minimum absolute atomic E-state index is 0.138. The third kappa shape index (κ3) is 5.10. The Morgan fingerprint density at radius 3 is 2.27 bits per heavy atom. The van der Waals surface area contributed by atoms with Crippen molar-refractivity contribution in [2.45, 2.75) is 25.3 Å². The van der Waals surface area contributed by atoms with Crippen LogP contribution in [0.1, 0.15) is 40.6 Å². The van der Waals surface area contributed by atoms with Crippen LogP contribution in [0.15, 0.2) is 72.8 Å². The largest absolute Gasteiger partial charge is 0.358 e. The summed E-state index contributed by atoms with van der Waals surface area (Å²) in [5.74, 6) is -0.983. The number of halogens is 2. The van der Waals surface area contributed by atoms with Crippen LogP contribution < -0.4 is 10.6 Å². The lowest BCUT2D eigenvalue weighted by molar-refractivity contribution is -0.122. The van der Waals surface area contributed by atoms with E-state index in [-0.39, 0.29) is 23.5 Å². The van der Waals surface area contributed by atoms with Crippen LogP contribution in [0.4, 0.5) is 8.78 Å². The fraction of sp³-hybridized carbons (Fsp3) is 0.240. The Labute approximate surface area is 176 Å². The Balaban J connectivity index is 1.83. The fourth-order valence-corrected chi connectivity index (χ4v) is 3.67. The molecular formula is C25H26F2N2O. The zero-order valence-corrected chi connectivity index (χ0v) is 17.2. The van der Waals surface area contributed by atoms with Crippen molar-refractivity contribution in [3.8, 4) is 0 Å². The number of carbonyl (C=O) groups excluding carboxylic acids is 1. The maximum Gasteiger partial charge on any atom is 0.241 e. The average molecular weight is 408 g/mol. The number of nitrogens with one attached hydrogen (secondary N) is 2. The molecule has 0 bridgehead atoms. The molecule has 0 aliphatic heterocycles. The predicted molar refractivity (Wildman–Crippen MR) is 115 cm³/mol. The molecule has 0 radical (unpaired) electrons. The molecule has 156 valence electrons. The number of likely N-dealkylation sites (N-methyl/N-ethyl adjacent to an activating group) is 1. The number of carbonyl (C=O) groups is 1. The molecule has 3 aromatic carbocycles. The van der Waals surface area contributed by atoms with Crippen LogP contribution >= 0.6 is 0 Å². The second-order valence-corrected chi connectivity index (χ2v) is 7.28. The molecule has 1 amide bonds. The molecule has 30 heavy (non-hydrogen) atoms. The van der Waals surface area contributed by atoms with Gasteiger partial charge in [0.25, 0.3) is 0 Å². The smallest absolute Gasteiger partial charge is 0.241 e. The molecule has 3 nitrogen and oxygen atoms in total. The van der Waals surface area contributed by atoms with Gasteiger partial charge >= 0.3 is 0 Å². The zero-order valence-electron chi connectivity index (χ0n) is 17.2. The first-order valence-corrected chi connectivity index (χ1v) is 10.0. The Bertz CT molecular complexity index is 991. The van der Waals surface area contributed by atoms with Crippen LogP contribution in [-0.4, -0.2) is 19.5 Å². The summed E-state index contributed by atoms with van der Waals surface area (Å²) in [6.07, 6.45) is 0.548. The highest BCUT2D eigenvalue weighted by Gasteiger charge is 2.22. The second-order valence-electron chi connectivity index (χ2n) is 7.28. The standard InChI is InChI=1S/C25H26F2N2O/c1-17-16-19(12-13-22(17)26)20(21-10-6-7-11-23(21)27)14-15-29-24(25(30)28-2)18-8-4-3-5-9-18/h3-13,16,20,24,29H,14-15H2,1-2H3,(H,28,30)/t20-,24-/m1/s1. The lowest BCUT2D eigenvalue weighted by Crippen LogP contribution is -2.36. The Morgan fingerprint density at radius 2 is 1.60 bits per heavy atom. The van der Waals surface area contributed by atoms with Crippen LogP contribution in [0, 0.1) is 18.6 Å². The highest BCUT2D eigenvalue weighted by molar-refractivity contribution is 5.82. The highest BCUT2D eigenvalue weighted by Crippen LogP contribution is 2.31. The fourth-order valence-electron chi connectivity index (χ4n) is 3.67. The van der Waals surface area contributed by atoms with Gasteiger partial charge < -0.3 is 10.6 Å². The van der Waals surface area contributed by atoms with Crippen molar-refractivity contribution >= 4 is 5.91 Å². The first kappa shape index (κ1) is 21.7. The van der Waals surface area contributed by atoms with Gasteiger partial charge in [0.15, 0.2) is 0 Å². The SMILES string of the molecule is CNC(=O)[C@H](NCC[C@H](c1ccc(F)c(C)c1)c1ccccc1F)c1ccccc1. The number of aryl methyl sites for hydroxylation is 1. The van der Waals surface area contributed by atoms with Crippen molar-refractivity contribution in [3.63, 3.8) is 0 Å². The molecule has 0 aromatic heterocycles. The topological polar surface area (TPSA) is 41.1 Å². The van der Waals surface area contributed by atoms with Crippen molar-refractivity contribution in [1.29, 1.82) is 0 Å². The monoisotopic (exact) mass is 408 g/mol. The molecule has 0 saturated heterocycles. The van der Waals surface area contributed by atoms with Gasteiger partial charge in [-0.15, -0.1) is 0 Å². The minimum Gasteiger partial charge on any atom is -0.358 e. The molecule has 0 heterocycles. The van der Waals surface area contributed by atoms with Crippen molar-refractivity contribution in [2.24, 2.45) is 0 Å². The molecule has 3 aromatic rings. The molecule has 2 atom stereocenters. The molecule has 3 rings (SSSR count). The minimum atomic E-state index is -0.507. The number of rotatable bonds is 8. The van der Waals surface area contributed by atoms with E-state index in [0.29, 0.717) is 24.1 Å². The van der Waals surface area contributed by atoms with Gasteiger partial charge in [0.2, 0.25) is 5.91 Å². The van der Waals surface area contributed by atoms with E-state index in [1.165, 1.54) is 12.1 Å². The van der Waals surface area contributed by atoms with Gasteiger partial charge in [-0.25, -0.2) is 8.78 Å².